The molecule has 21 heavy (non-hydrogen) atoms. The molecule has 2 heterocycles. The van der Waals surface area contributed by atoms with E-state index in [9.17, 15) is 0 Å². The number of hydrogen-bond acceptors (Lipinski definition) is 4. The van der Waals surface area contributed by atoms with Crippen molar-refractivity contribution in [1.29, 1.82) is 0 Å². The number of rotatable bonds is 7. The van der Waals surface area contributed by atoms with E-state index in [-0.39, 0.29) is 0 Å². The molecule has 1 aromatic heterocycles. The Hall–Kier alpha value is -0.840. The average Bonchev–Trinajstić information content (AvgIpc) is 2.50. The van der Waals surface area contributed by atoms with Gasteiger partial charge in [-0.2, -0.15) is 0 Å². The van der Waals surface area contributed by atoms with Gasteiger partial charge in [0, 0.05) is 32.9 Å². The molecule has 1 aliphatic heterocycles. The minimum absolute atomic E-state index is 0.322. The molecule has 0 radical (unpaired) electrons. The first-order chi connectivity index (χ1) is 10.2. The van der Waals surface area contributed by atoms with E-state index in [0.29, 0.717) is 6.10 Å². The Morgan fingerprint density at radius 3 is 3.05 bits per heavy atom. The molecule has 1 saturated heterocycles. The molecule has 0 spiro atoms. The van der Waals surface area contributed by atoms with Crippen molar-refractivity contribution in [3.05, 3.63) is 22.8 Å². The molecular formula is C16H26ClN3O. The molecular weight excluding hydrogens is 286 g/mol. The monoisotopic (exact) mass is 311 g/mol. The molecule has 1 N–H and O–H groups in total. The van der Waals surface area contributed by atoms with Gasteiger partial charge in [0.25, 0.3) is 0 Å². The van der Waals surface area contributed by atoms with Gasteiger partial charge in [-0.05, 0) is 43.9 Å². The van der Waals surface area contributed by atoms with Crippen LogP contribution in [0.25, 0.3) is 0 Å². The van der Waals surface area contributed by atoms with Gasteiger partial charge in [-0.15, -0.1) is 0 Å². The predicted molar refractivity (Wildman–Crippen MR) is 88.1 cm³/mol. The molecule has 1 aromatic rings. The van der Waals surface area contributed by atoms with Crippen LogP contribution in [0.2, 0.25) is 5.02 Å². The van der Waals surface area contributed by atoms with Crippen LogP contribution in [0.4, 0.5) is 5.82 Å². The second kappa shape index (κ2) is 8.57. The van der Waals surface area contributed by atoms with Crippen LogP contribution in [0.3, 0.4) is 0 Å². The Kier molecular flexibility index (Phi) is 6.74. The van der Waals surface area contributed by atoms with Gasteiger partial charge in [0.15, 0.2) is 0 Å². The fourth-order valence-corrected chi connectivity index (χ4v) is 2.73. The minimum atomic E-state index is 0.322. The lowest BCUT2D eigenvalue weighted by atomic mass is 10.1. The smallest absolute Gasteiger partial charge is 0.128 e. The highest BCUT2D eigenvalue weighted by Crippen LogP contribution is 2.21. The largest absolute Gasteiger partial charge is 0.376 e. The SMILES string of the molecule is CCCNCc1cc(N(C)CC2CCCCO2)ncc1Cl. The summed E-state index contributed by atoms with van der Waals surface area (Å²) in [6.45, 7) is 5.72. The van der Waals surface area contributed by atoms with Gasteiger partial charge >= 0.3 is 0 Å². The second-order valence-corrected chi connectivity index (χ2v) is 6.09. The molecule has 0 aromatic carbocycles. The van der Waals surface area contributed by atoms with E-state index in [4.69, 9.17) is 16.3 Å². The van der Waals surface area contributed by atoms with Crippen LogP contribution in [0, 0.1) is 0 Å². The first kappa shape index (κ1) is 16.5. The average molecular weight is 312 g/mol. The van der Waals surface area contributed by atoms with Gasteiger partial charge in [0.1, 0.15) is 5.82 Å². The number of ether oxygens (including phenoxy) is 1. The summed E-state index contributed by atoms with van der Waals surface area (Å²) in [5.41, 5.74) is 1.10. The van der Waals surface area contributed by atoms with Crippen molar-refractivity contribution >= 4 is 17.4 Å². The van der Waals surface area contributed by atoms with Crippen LogP contribution in [0.5, 0.6) is 0 Å². The quantitative estimate of drug-likeness (QED) is 0.784. The number of nitrogens with zero attached hydrogens (tertiary/aromatic N) is 2. The molecule has 1 fully saturated rings. The Labute approximate surface area is 132 Å². The first-order valence-electron chi connectivity index (χ1n) is 7.88. The summed E-state index contributed by atoms with van der Waals surface area (Å²) in [4.78, 5) is 6.61. The Bertz CT molecular complexity index is 436. The first-order valence-corrected chi connectivity index (χ1v) is 8.26. The van der Waals surface area contributed by atoms with Crippen LogP contribution in [-0.2, 0) is 11.3 Å². The fourth-order valence-electron chi connectivity index (χ4n) is 2.56. The molecule has 5 heteroatoms. The van der Waals surface area contributed by atoms with Crippen LogP contribution in [0.1, 0.15) is 38.2 Å². The highest BCUT2D eigenvalue weighted by atomic mass is 35.5. The number of nitrogens with one attached hydrogen (secondary N) is 1. The number of anilines is 1. The summed E-state index contributed by atoms with van der Waals surface area (Å²) < 4.78 is 5.80. The summed E-state index contributed by atoms with van der Waals surface area (Å²) in [7, 11) is 2.07. The molecule has 0 aliphatic carbocycles. The maximum atomic E-state index is 6.23. The van der Waals surface area contributed by atoms with Crippen molar-refractivity contribution in [2.45, 2.75) is 45.3 Å². The van der Waals surface area contributed by atoms with Gasteiger partial charge in [0.05, 0.1) is 11.1 Å². The predicted octanol–water partition coefficient (Wildman–Crippen LogP) is 3.24. The van der Waals surface area contributed by atoms with Gasteiger partial charge in [-0.25, -0.2) is 4.98 Å². The van der Waals surface area contributed by atoms with Gasteiger partial charge in [0.2, 0.25) is 0 Å². The number of halogens is 1. The van der Waals surface area contributed by atoms with Crippen molar-refractivity contribution in [3.8, 4) is 0 Å². The zero-order valence-corrected chi connectivity index (χ0v) is 13.8. The zero-order chi connectivity index (χ0) is 15.1. The Balaban J connectivity index is 1.95. The van der Waals surface area contributed by atoms with E-state index < -0.39 is 0 Å². The normalized spacial score (nSPS) is 18.7. The van der Waals surface area contributed by atoms with Gasteiger partial charge in [-0.3, -0.25) is 0 Å². The third-order valence-corrected chi connectivity index (χ3v) is 4.15. The fraction of sp³-hybridized carbons (Fsp3) is 0.688. The van der Waals surface area contributed by atoms with Crippen LogP contribution < -0.4 is 10.2 Å². The lowest BCUT2D eigenvalue weighted by Gasteiger charge is -2.28. The van der Waals surface area contributed by atoms with Gasteiger partial charge in [-0.1, -0.05) is 18.5 Å². The van der Waals surface area contributed by atoms with Crippen molar-refractivity contribution in [3.63, 3.8) is 0 Å². The topological polar surface area (TPSA) is 37.4 Å². The van der Waals surface area contributed by atoms with Gasteiger partial charge < -0.3 is 15.0 Å². The Morgan fingerprint density at radius 1 is 1.48 bits per heavy atom. The molecule has 0 saturated carbocycles. The van der Waals surface area contributed by atoms with E-state index in [1.54, 1.807) is 6.20 Å². The standard InChI is InChI=1S/C16H26ClN3O/c1-3-7-18-10-13-9-16(19-11-15(13)17)20(2)12-14-6-4-5-8-21-14/h9,11,14,18H,3-8,10,12H2,1-2H3. The molecule has 2 rings (SSSR count). The lowest BCUT2D eigenvalue weighted by Crippen LogP contribution is -2.33. The van der Waals surface area contributed by atoms with E-state index in [1.165, 1.54) is 12.8 Å². The van der Waals surface area contributed by atoms with Crippen molar-refractivity contribution in [2.24, 2.45) is 0 Å². The number of aromatic nitrogens is 1. The molecule has 118 valence electrons. The van der Waals surface area contributed by atoms with Crippen LogP contribution >= 0.6 is 11.6 Å². The summed E-state index contributed by atoms with van der Waals surface area (Å²) in [5, 5.41) is 4.11. The van der Waals surface area contributed by atoms with E-state index >= 15 is 0 Å². The van der Waals surface area contributed by atoms with Crippen LogP contribution in [0.15, 0.2) is 12.3 Å². The Morgan fingerprint density at radius 2 is 2.33 bits per heavy atom. The highest BCUT2D eigenvalue weighted by molar-refractivity contribution is 6.31. The number of hydrogen-bond donors (Lipinski definition) is 1. The third kappa shape index (κ3) is 5.13. The minimum Gasteiger partial charge on any atom is -0.376 e. The molecule has 1 atom stereocenters. The highest BCUT2D eigenvalue weighted by Gasteiger charge is 2.17. The molecule has 4 nitrogen and oxygen atoms in total. The lowest BCUT2D eigenvalue weighted by molar-refractivity contribution is 0.0215. The van der Waals surface area contributed by atoms with E-state index in [2.05, 4.69) is 35.2 Å². The third-order valence-electron chi connectivity index (χ3n) is 3.81. The maximum Gasteiger partial charge on any atom is 0.128 e. The van der Waals surface area contributed by atoms with E-state index in [0.717, 1.165) is 55.5 Å². The van der Waals surface area contributed by atoms with Crippen molar-refractivity contribution in [1.82, 2.24) is 10.3 Å². The molecule has 1 unspecified atom stereocenters. The van der Waals surface area contributed by atoms with E-state index in [1.807, 2.05) is 0 Å². The molecule has 0 amide bonds. The zero-order valence-electron chi connectivity index (χ0n) is 13.1. The summed E-state index contributed by atoms with van der Waals surface area (Å²) in [5.74, 6) is 0.960. The summed E-state index contributed by atoms with van der Waals surface area (Å²) >= 11 is 6.23. The number of likely N-dealkylation sites (N-methyl/N-ethyl adjacent to an activating group) is 1. The summed E-state index contributed by atoms with van der Waals surface area (Å²) in [6, 6.07) is 2.08. The summed E-state index contributed by atoms with van der Waals surface area (Å²) in [6.07, 6.45) is 6.78. The molecule has 1 aliphatic rings. The van der Waals surface area contributed by atoms with Crippen molar-refractivity contribution in [2.75, 3.05) is 31.6 Å². The number of pyridine rings is 1. The second-order valence-electron chi connectivity index (χ2n) is 5.68. The van der Waals surface area contributed by atoms with Crippen LogP contribution in [-0.4, -0.2) is 37.8 Å². The molecule has 0 bridgehead atoms. The van der Waals surface area contributed by atoms with Crippen molar-refractivity contribution < 1.29 is 4.74 Å². The maximum absolute atomic E-state index is 6.23.